The molecule has 0 radical (unpaired) electrons. The molecule has 2 fully saturated rings. The highest BCUT2D eigenvalue weighted by Gasteiger charge is 2.50. The van der Waals surface area contributed by atoms with Crippen LogP contribution < -0.4 is 10.4 Å². The van der Waals surface area contributed by atoms with E-state index in [4.69, 9.17) is 20.8 Å². The number of aryl methyl sites for hydroxylation is 1. The van der Waals surface area contributed by atoms with Crippen LogP contribution in [0.3, 0.4) is 0 Å². The van der Waals surface area contributed by atoms with E-state index in [0.29, 0.717) is 29.3 Å². The fourth-order valence-electron chi connectivity index (χ4n) is 6.78. The fraction of sp³-hybridized carbons (Fsp3) is 0.467. The standard InChI is InChI=1S/C30H32ClNO5/c31-20-10-8-19(9-11-20)28-25-7-3-4-14-30(25,35)15-16-32(28)27(33)18-36-21-12-13-23-22-5-1-2-6-24(22)29(34)37-26(23)17-21/h8-13,17,25,28,35H,1-7,14-16,18H2/t25-,28+,30-/m0/s1. The first-order valence-electron chi connectivity index (χ1n) is 13.4. The first-order chi connectivity index (χ1) is 17.9. The lowest BCUT2D eigenvalue weighted by Crippen LogP contribution is -2.56. The van der Waals surface area contributed by atoms with Gasteiger partial charge in [-0.15, -0.1) is 0 Å². The average Bonchev–Trinajstić information content (AvgIpc) is 2.91. The number of likely N-dealkylation sites (tertiary alicyclic amines) is 1. The molecule has 3 aliphatic rings. The molecule has 6 rings (SSSR count). The second-order valence-corrected chi connectivity index (χ2v) is 11.2. The van der Waals surface area contributed by atoms with Gasteiger partial charge in [0, 0.05) is 34.5 Å². The van der Waals surface area contributed by atoms with Gasteiger partial charge in [0.1, 0.15) is 11.3 Å². The van der Waals surface area contributed by atoms with Gasteiger partial charge in [0.05, 0.1) is 11.6 Å². The number of hydrogen-bond acceptors (Lipinski definition) is 5. The predicted octanol–water partition coefficient (Wildman–Crippen LogP) is 5.60. The number of ether oxygens (including phenoxy) is 1. The SMILES string of the molecule is O=C(COc1ccc2c3c(c(=O)oc2c1)CCCC3)N1CC[C@@]2(O)CCCC[C@H]2[C@H]1c1ccc(Cl)cc1. The molecule has 1 saturated heterocycles. The zero-order valence-corrected chi connectivity index (χ0v) is 21.6. The lowest BCUT2D eigenvalue weighted by atomic mass is 9.66. The van der Waals surface area contributed by atoms with Crippen LogP contribution in [0.15, 0.2) is 51.7 Å². The van der Waals surface area contributed by atoms with Crippen molar-refractivity contribution in [2.24, 2.45) is 5.92 Å². The van der Waals surface area contributed by atoms with Gasteiger partial charge in [-0.05, 0) is 80.3 Å². The molecule has 7 heteroatoms. The first kappa shape index (κ1) is 24.5. The molecule has 2 aromatic carbocycles. The molecule has 0 spiro atoms. The van der Waals surface area contributed by atoms with Gasteiger partial charge in [-0.25, -0.2) is 4.79 Å². The topological polar surface area (TPSA) is 80.0 Å². The zero-order chi connectivity index (χ0) is 25.6. The largest absolute Gasteiger partial charge is 0.484 e. The van der Waals surface area contributed by atoms with E-state index in [-0.39, 0.29) is 30.1 Å². The van der Waals surface area contributed by atoms with Gasteiger partial charge in [0.25, 0.3) is 5.91 Å². The average molecular weight is 522 g/mol. The van der Waals surface area contributed by atoms with E-state index in [1.807, 2.05) is 41.3 Å². The summed E-state index contributed by atoms with van der Waals surface area (Å²) in [5.41, 5.74) is 2.34. The molecule has 1 N–H and O–H groups in total. The van der Waals surface area contributed by atoms with Crippen LogP contribution in [-0.2, 0) is 17.6 Å². The van der Waals surface area contributed by atoms with Crippen LogP contribution in [-0.4, -0.2) is 34.7 Å². The maximum Gasteiger partial charge on any atom is 0.339 e. The fourth-order valence-corrected chi connectivity index (χ4v) is 6.90. The monoisotopic (exact) mass is 521 g/mol. The Hall–Kier alpha value is -2.83. The molecular weight excluding hydrogens is 490 g/mol. The Morgan fingerprint density at radius 2 is 1.84 bits per heavy atom. The Morgan fingerprint density at radius 3 is 2.65 bits per heavy atom. The van der Waals surface area contributed by atoms with Crippen LogP contribution in [0.1, 0.15) is 67.7 Å². The molecule has 1 aliphatic heterocycles. The van der Waals surface area contributed by atoms with Crippen molar-refractivity contribution < 1.29 is 19.1 Å². The third-order valence-electron chi connectivity index (χ3n) is 8.66. The lowest BCUT2D eigenvalue weighted by molar-refractivity contribution is -0.157. The van der Waals surface area contributed by atoms with Gasteiger partial charge in [-0.2, -0.15) is 0 Å². The Bertz CT molecular complexity index is 1380. The van der Waals surface area contributed by atoms with E-state index in [2.05, 4.69) is 0 Å². The maximum absolute atomic E-state index is 13.5. The summed E-state index contributed by atoms with van der Waals surface area (Å²) in [6.07, 6.45) is 8.00. The lowest BCUT2D eigenvalue weighted by Gasteiger charge is -2.52. The number of amides is 1. The third-order valence-corrected chi connectivity index (χ3v) is 8.91. The van der Waals surface area contributed by atoms with Gasteiger partial charge in [0.2, 0.25) is 0 Å². The van der Waals surface area contributed by atoms with Crippen molar-refractivity contribution in [1.82, 2.24) is 4.90 Å². The van der Waals surface area contributed by atoms with Crippen LogP contribution in [0.25, 0.3) is 11.0 Å². The van der Waals surface area contributed by atoms with Gasteiger partial charge in [0.15, 0.2) is 6.61 Å². The quantitative estimate of drug-likeness (QED) is 0.452. The predicted molar refractivity (Wildman–Crippen MR) is 142 cm³/mol. The molecule has 1 aromatic heterocycles. The van der Waals surface area contributed by atoms with Crippen molar-refractivity contribution in [3.8, 4) is 5.75 Å². The highest BCUT2D eigenvalue weighted by atomic mass is 35.5. The molecule has 0 bridgehead atoms. The summed E-state index contributed by atoms with van der Waals surface area (Å²) < 4.78 is 11.5. The van der Waals surface area contributed by atoms with Crippen molar-refractivity contribution in [2.45, 2.75) is 69.4 Å². The molecule has 2 aliphatic carbocycles. The minimum Gasteiger partial charge on any atom is -0.484 e. The Balaban J connectivity index is 1.24. The van der Waals surface area contributed by atoms with Crippen LogP contribution >= 0.6 is 11.6 Å². The highest BCUT2D eigenvalue weighted by molar-refractivity contribution is 6.30. The third kappa shape index (κ3) is 4.55. The number of carbonyl (C=O) groups excluding carboxylic acids is 1. The molecular formula is C30H32ClNO5. The van der Waals surface area contributed by atoms with Crippen molar-refractivity contribution >= 4 is 28.5 Å². The summed E-state index contributed by atoms with van der Waals surface area (Å²) in [5.74, 6) is 0.342. The van der Waals surface area contributed by atoms with E-state index < -0.39 is 5.60 Å². The van der Waals surface area contributed by atoms with Gasteiger partial charge < -0.3 is 19.2 Å². The number of benzene rings is 2. The molecule has 37 heavy (non-hydrogen) atoms. The molecule has 3 atom stereocenters. The van der Waals surface area contributed by atoms with Crippen LogP contribution in [0.2, 0.25) is 5.02 Å². The van der Waals surface area contributed by atoms with Gasteiger partial charge in [-0.1, -0.05) is 36.6 Å². The van der Waals surface area contributed by atoms with Crippen LogP contribution in [0, 0.1) is 5.92 Å². The molecule has 2 heterocycles. The number of halogens is 1. The number of fused-ring (bicyclic) bond motifs is 4. The molecule has 1 amide bonds. The van der Waals surface area contributed by atoms with Crippen molar-refractivity contribution in [3.63, 3.8) is 0 Å². The second-order valence-electron chi connectivity index (χ2n) is 10.8. The smallest absolute Gasteiger partial charge is 0.339 e. The Labute approximate surface area is 221 Å². The van der Waals surface area contributed by atoms with E-state index in [0.717, 1.165) is 73.4 Å². The Morgan fingerprint density at radius 1 is 1.05 bits per heavy atom. The minimum absolute atomic E-state index is 0.0266. The summed E-state index contributed by atoms with van der Waals surface area (Å²) in [6.45, 7) is 0.344. The molecule has 1 saturated carbocycles. The molecule has 0 unspecified atom stereocenters. The van der Waals surface area contributed by atoms with E-state index in [1.54, 1.807) is 6.07 Å². The zero-order valence-electron chi connectivity index (χ0n) is 20.9. The number of aliphatic hydroxyl groups is 1. The Kier molecular flexibility index (Phi) is 6.49. The number of piperidine rings is 1. The van der Waals surface area contributed by atoms with Crippen molar-refractivity contribution in [3.05, 3.63) is 74.6 Å². The second kappa shape index (κ2) is 9.80. The van der Waals surface area contributed by atoms with Crippen LogP contribution in [0.4, 0.5) is 0 Å². The molecule has 194 valence electrons. The van der Waals surface area contributed by atoms with Gasteiger partial charge in [-0.3, -0.25) is 4.79 Å². The normalized spacial score (nSPS) is 25.4. The number of rotatable bonds is 4. The van der Waals surface area contributed by atoms with Crippen molar-refractivity contribution in [1.29, 1.82) is 0 Å². The highest BCUT2D eigenvalue weighted by Crippen LogP contribution is 2.49. The van der Waals surface area contributed by atoms with E-state index in [1.165, 1.54) is 0 Å². The summed E-state index contributed by atoms with van der Waals surface area (Å²) >= 11 is 6.15. The summed E-state index contributed by atoms with van der Waals surface area (Å²) in [4.78, 5) is 27.9. The van der Waals surface area contributed by atoms with Gasteiger partial charge >= 0.3 is 5.63 Å². The van der Waals surface area contributed by atoms with E-state index >= 15 is 0 Å². The van der Waals surface area contributed by atoms with E-state index in [9.17, 15) is 14.7 Å². The maximum atomic E-state index is 13.5. The summed E-state index contributed by atoms with van der Waals surface area (Å²) in [7, 11) is 0. The first-order valence-corrected chi connectivity index (χ1v) is 13.8. The molecule has 3 aromatic rings. The number of hydrogen-bond donors (Lipinski definition) is 1. The minimum atomic E-state index is -0.755. The van der Waals surface area contributed by atoms with Crippen molar-refractivity contribution in [2.75, 3.05) is 13.2 Å². The number of nitrogens with zero attached hydrogens (tertiary/aromatic N) is 1. The van der Waals surface area contributed by atoms with Crippen LogP contribution in [0.5, 0.6) is 5.75 Å². The number of carbonyl (C=O) groups is 1. The summed E-state index contributed by atoms with van der Waals surface area (Å²) in [5, 5.41) is 13.1. The summed E-state index contributed by atoms with van der Waals surface area (Å²) in [6, 6.07) is 12.9. The molecule has 6 nitrogen and oxygen atoms in total.